The van der Waals surface area contributed by atoms with Crippen molar-refractivity contribution in [3.8, 4) is 0 Å². The van der Waals surface area contributed by atoms with Crippen LogP contribution in [-0.2, 0) is 0 Å². The molecule has 2 rings (SSSR count). The molecule has 0 amide bonds. The van der Waals surface area contributed by atoms with E-state index in [4.69, 9.17) is 0 Å². The van der Waals surface area contributed by atoms with Gasteiger partial charge in [-0.25, -0.2) is 0 Å². The smallest absolute Gasteiger partial charge is 0.0513 e. The number of benzene rings is 1. The van der Waals surface area contributed by atoms with Gasteiger partial charge in [-0.15, -0.1) is 0 Å². The standard InChI is InChI=1S/C13H19BrN2/c1-10-7-8-16(11(2)9-15-10)13-6-4-3-5-12(13)14/h3-6,10-11,15H,7-9H2,1-2H3. The van der Waals surface area contributed by atoms with Crippen LogP contribution in [0.5, 0.6) is 0 Å². The van der Waals surface area contributed by atoms with E-state index in [1.165, 1.54) is 16.6 Å². The molecule has 0 saturated carbocycles. The van der Waals surface area contributed by atoms with Crippen LogP contribution in [-0.4, -0.2) is 25.2 Å². The number of anilines is 1. The van der Waals surface area contributed by atoms with Crippen LogP contribution in [0.15, 0.2) is 28.7 Å². The second-order valence-corrected chi connectivity index (χ2v) is 5.45. The van der Waals surface area contributed by atoms with Gasteiger partial charge < -0.3 is 10.2 Å². The van der Waals surface area contributed by atoms with Gasteiger partial charge in [-0.2, -0.15) is 0 Å². The summed E-state index contributed by atoms with van der Waals surface area (Å²) in [5, 5.41) is 3.56. The van der Waals surface area contributed by atoms with Gasteiger partial charge in [-0.3, -0.25) is 0 Å². The fraction of sp³-hybridized carbons (Fsp3) is 0.538. The van der Waals surface area contributed by atoms with E-state index in [9.17, 15) is 0 Å². The molecule has 1 aromatic carbocycles. The summed E-state index contributed by atoms with van der Waals surface area (Å²) in [7, 11) is 0. The van der Waals surface area contributed by atoms with Gasteiger partial charge in [0, 0.05) is 29.6 Å². The van der Waals surface area contributed by atoms with Crippen molar-refractivity contribution in [1.82, 2.24) is 5.32 Å². The molecule has 3 heteroatoms. The predicted molar refractivity (Wildman–Crippen MR) is 73.0 cm³/mol. The van der Waals surface area contributed by atoms with Crippen LogP contribution in [0.1, 0.15) is 20.3 Å². The number of nitrogens with one attached hydrogen (secondary N) is 1. The lowest BCUT2D eigenvalue weighted by Crippen LogP contribution is -2.38. The van der Waals surface area contributed by atoms with Crippen molar-refractivity contribution < 1.29 is 0 Å². The average Bonchev–Trinajstić information content (AvgIpc) is 2.43. The number of hydrogen-bond donors (Lipinski definition) is 1. The van der Waals surface area contributed by atoms with Crippen LogP contribution in [0.4, 0.5) is 5.69 Å². The number of rotatable bonds is 1. The van der Waals surface area contributed by atoms with Crippen molar-refractivity contribution in [3.63, 3.8) is 0 Å². The fourth-order valence-electron chi connectivity index (χ4n) is 2.18. The lowest BCUT2D eigenvalue weighted by Gasteiger charge is -2.30. The Labute approximate surface area is 106 Å². The maximum atomic E-state index is 3.64. The van der Waals surface area contributed by atoms with E-state index in [0.29, 0.717) is 12.1 Å². The molecule has 0 spiro atoms. The number of para-hydroxylation sites is 1. The zero-order valence-electron chi connectivity index (χ0n) is 9.91. The maximum absolute atomic E-state index is 3.64. The highest BCUT2D eigenvalue weighted by Gasteiger charge is 2.20. The molecular weight excluding hydrogens is 264 g/mol. The molecule has 88 valence electrons. The van der Waals surface area contributed by atoms with E-state index >= 15 is 0 Å². The highest BCUT2D eigenvalue weighted by Crippen LogP contribution is 2.28. The van der Waals surface area contributed by atoms with Gasteiger partial charge in [-0.1, -0.05) is 12.1 Å². The highest BCUT2D eigenvalue weighted by molar-refractivity contribution is 9.10. The quantitative estimate of drug-likeness (QED) is 0.852. The van der Waals surface area contributed by atoms with Gasteiger partial charge in [0.2, 0.25) is 0 Å². The molecule has 1 fully saturated rings. The van der Waals surface area contributed by atoms with Crippen LogP contribution in [0.2, 0.25) is 0 Å². The lowest BCUT2D eigenvalue weighted by atomic mass is 10.2. The van der Waals surface area contributed by atoms with Gasteiger partial charge in [0.05, 0.1) is 5.69 Å². The first kappa shape index (κ1) is 11.9. The summed E-state index contributed by atoms with van der Waals surface area (Å²) in [6.07, 6.45) is 1.20. The zero-order chi connectivity index (χ0) is 11.5. The third-order valence-electron chi connectivity index (χ3n) is 3.26. The predicted octanol–water partition coefficient (Wildman–Crippen LogP) is 3.03. The Bertz CT molecular complexity index is 354. The van der Waals surface area contributed by atoms with Crippen LogP contribution in [0.3, 0.4) is 0 Å². The van der Waals surface area contributed by atoms with Gasteiger partial charge in [-0.05, 0) is 48.3 Å². The minimum Gasteiger partial charge on any atom is -0.367 e. The maximum Gasteiger partial charge on any atom is 0.0513 e. The van der Waals surface area contributed by atoms with Gasteiger partial charge >= 0.3 is 0 Å². The summed E-state index contributed by atoms with van der Waals surface area (Å²) in [5.74, 6) is 0. The Morgan fingerprint density at radius 3 is 2.81 bits per heavy atom. The van der Waals surface area contributed by atoms with E-state index < -0.39 is 0 Å². The van der Waals surface area contributed by atoms with E-state index in [-0.39, 0.29) is 0 Å². The molecule has 1 saturated heterocycles. The summed E-state index contributed by atoms with van der Waals surface area (Å²) in [6.45, 7) is 6.72. The van der Waals surface area contributed by atoms with Crippen molar-refractivity contribution in [3.05, 3.63) is 28.7 Å². The molecule has 2 atom stereocenters. The van der Waals surface area contributed by atoms with Gasteiger partial charge in [0.15, 0.2) is 0 Å². The third-order valence-corrected chi connectivity index (χ3v) is 3.93. The Morgan fingerprint density at radius 2 is 2.06 bits per heavy atom. The Kier molecular flexibility index (Phi) is 3.87. The highest BCUT2D eigenvalue weighted by atomic mass is 79.9. The molecule has 0 radical (unpaired) electrons. The summed E-state index contributed by atoms with van der Waals surface area (Å²) in [6, 6.07) is 9.64. The third kappa shape index (κ3) is 2.58. The van der Waals surface area contributed by atoms with E-state index in [2.05, 4.69) is 64.3 Å². The number of halogens is 1. The average molecular weight is 283 g/mol. The topological polar surface area (TPSA) is 15.3 Å². The second kappa shape index (κ2) is 5.19. The lowest BCUT2D eigenvalue weighted by molar-refractivity contribution is 0.548. The molecule has 0 aliphatic carbocycles. The van der Waals surface area contributed by atoms with Crippen LogP contribution < -0.4 is 10.2 Å². The molecular formula is C13H19BrN2. The van der Waals surface area contributed by atoms with E-state index in [0.717, 1.165) is 13.1 Å². The fourth-order valence-corrected chi connectivity index (χ4v) is 2.69. The monoisotopic (exact) mass is 282 g/mol. The molecule has 0 bridgehead atoms. The Balaban J connectivity index is 2.22. The molecule has 1 heterocycles. The first-order valence-electron chi connectivity index (χ1n) is 5.93. The largest absolute Gasteiger partial charge is 0.367 e. The molecule has 16 heavy (non-hydrogen) atoms. The van der Waals surface area contributed by atoms with Crippen molar-refractivity contribution in [1.29, 1.82) is 0 Å². The normalized spacial score (nSPS) is 26.6. The van der Waals surface area contributed by atoms with Crippen LogP contribution in [0.25, 0.3) is 0 Å². The Morgan fingerprint density at radius 1 is 1.31 bits per heavy atom. The molecule has 2 unspecified atom stereocenters. The molecule has 2 nitrogen and oxygen atoms in total. The minimum absolute atomic E-state index is 0.545. The van der Waals surface area contributed by atoms with Crippen molar-refractivity contribution in [2.24, 2.45) is 0 Å². The van der Waals surface area contributed by atoms with Crippen LogP contribution >= 0.6 is 15.9 Å². The molecule has 0 aromatic heterocycles. The van der Waals surface area contributed by atoms with Crippen molar-refractivity contribution in [2.75, 3.05) is 18.0 Å². The van der Waals surface area contributed by atoms with Gasteiger partial charge in [0.25, 0.3) is 0 Å². The second-order valence-electron chi connectivity index (χ2n) is 4.59. The van der Waals surface area contributed by atoms with Crippen LogP contribution in [0, 0.1) is 0 Å². The van der Waals surface area contributed by atoms with Crippen molar-refractivity contribution >= 4 is 21.6 Å². The summed E-state index contributed by atoms with van der Waals surface area (Å²) >= 11 is 3.64. The summed E-state index contributed by atoms with van der Waals surface area (Å²) in [5.41, 5.74) is 1.31. The first-order valence-corrected chi connectivity index (χ1v) is 6.72. The summed E-state index contributed by atoms with van der Waals surface area (Å²) in [4.78, 5) is 2.49. The van der Waals surface area contributed by atoms with E-state index in [1.807, 2.05) is 0 Å². The zero-order valence-corrected chi connectivity index (χ0v) is 11.5. The Hall–Kier alpha value is -0.540. The minimum atomic E-state index is 0.545. The molecule has 1 aliphatic heterocycles. The summed E-state index contributed by atoms with van der Waals surface area (Å²) < 4.78 is 1.19. The van der Waals surface area contributed by atoms with Crippen molar-refractivity contribution in [2.45, 2.75) is 32.4 Å². The van der Waals surface area contributed by atoms with E-state index in [1.54, 1.807) is 0 Å². The number of hydrogen-bond acceptors (Lipinski definition) is 2. The molecule has 1 aromatic rings. The first-order chi connectivity index (χ1) is 7.68. The van der Waals surface area contributed by atoms with Gasteiger partial charge in [0.1, 0.15) is 0 Å². The SMILES string of the molecule is CC1CCN(c2ccccc2Br)C(C)CN1. The molecule has 1 aliphatic rings. The molecule has 1 N–H and O–H groups in total. The number of nitrogens with zero attached hydrogens (tertiary/aromatic N) is 1.